The van der Waals surface area contributed by atoms with Gasteiger partial charge in [0, 0.05) is 12.1 Å². The minimum atomic E-state index is -0.759. The van der Waals surface area contributed by atoms with Crippen LogP contribution in [0.3, 0.4) is 0 Å². The quantitative estimate of drug-likeness (QED) is 0.925. The topological polar surface area (TPSA) is 35.2 Å². The maximum atomic E-state index is 13.8. The highest BCUT2D eigenvalue weighted by atomic mass is 19.1. The Bertz CT molecular complexity index is 614. The van der Waals surface area contributed by atoms with Crippen molar-refractivity contribution in [2.75, 3.05) is 0 Å². The maximum absolute atomic E-state index is 13.8. The molecule has 0 aliphatic heterocycles. The Morgan fingerprint density at radius 2 is 1.75 bits per heavy atom. The molecule has 1 atom stereocenters. The average molecular weight is 281 g/mol. The van der Waals surface area contributed by atoms with Crippen LogP contribution in [0.25, 0.3) is 0 Å². The normalized spacial score (nSPS) is 12.2. The molecule has 2 N–H and O–H groups in total. The van der Waals surface area contributed by atoms with Gasteiger partial charge in [-0.3, -0.25) is 0 Å². The number of nitrogens with two attached hydrogens (primary N) is 1. The van der Waals surface area contributed by atoms with Gasteiger partial charge in [-0.1, -0.05) is 6.07 Å². The Morgan fingerprint density at radius 3 is 2.40 bits per heavy atom. The third kappa shape index (κ3) is 3.51. The number of ether oxygens (including phenoxy) is 1. The molecular weight excluding hydrogens is 267 g/mol. The fourth-order valence-corrected chi connectivity index (χ4v) is 1.80. The number of halogens is 3. The van der Waals surface area contributed by atoms with Crippen LogP contribution >= 0.6 is 0 Å². The predicted octanol–water partition coefficient (Wildman–Crippen LogP) is 3.79. The molecule has 0 bridgehead atoms. The van der Waals surface area contributed by atoms with Crippen molar-refractivity contribution in [3.05, 3.63) is 59.4 Å². The molecule has 20 heavy (non-hydrogen) atoms. The first-order valence-corrected chi connectivity index (χ1v) is 6.12. The van der Waals surface area contributed by atoms with Crippen LogP contribution < -0.4 is 10.5 Å². The molecule has 2 aromatic carbocycles. The van der Waals surface area contributed by atoms with Crippen LogP contribution in [-0.2, 0) is 6.42 Å². The van der Waals surface area contributed by atoms with Crippen molar-refractivity contribution in [3.63, 3.8) is 0 Å². The Hall–Kier alpha value is -2.01. The number of rotatable bonds is 4. The van der Waals surface area contributed by atoms with Gasteiger partial charge < -0.3 is 10.5 Å². The van der Waals surface area contributed by atoms with Crippen molar-refractivity contribution < 1.29 is 17.9 Å². The summed E-state index contributed by atoms with van der Waals surface area (Å²) >= 11 is 0. The molecule has 2 nitrogen and oxygen atoms in total. The molecule has 2 rings (SSSR count). The summed E-state index contributed by atoms with van der Waals surface area (Å²) in [6.07, 6.45) is 0.519. The summed E-state index contributed by atoms with van der Waals surface area (Å²) in [5, 5.41) is 0. The zero-order valence-corrected chi connectivity index (χ0v) is 10.9. The lowest BCUT2D eigenvalue weighted by Crippen LogP contribution is -2.17. The lowest BCUT2D eigenvalue weighted by Gasteiger charge is -2.10. The van der Waals surface area contributed by atoms with Crippen LogP contribution in [0.2, 0.25) is 0 Å². The average Bonchev–Trinajstić information content (AvgIpc) is 2.36. The molecule has 106 valence electrons. The Morgan fingerprint density at radius 1 is 1.00 bits per heavy atom. The van der Waals surface area contributed by atoms with Crippen LogP contribution in [0.15, 0.2) is 36.4 Å². The Labute approximate surface area is 115 Å². The van der Waals surface area contributed by atoms with Crippen molar-refractivity contribution in [1.29, 1.82) is 0 Å². The molecule has 0 saturated heterocycles. The van der Waals surface area contributed by atoms with Crippen molar-refractivity contribution in [2.45, 2.75) is 19.4 Å². The summed E-state index contributed by atoms with van der Waals surface area (Å²) < 4.78 is 45.3. The summed E-state index contributed by atoms with van der Waals surface area (Å²) in [6.45, 7) is 1.81. The van der Waals surface area contributed by atoms with E-state index < -0.39 is 17.5 Å². The largest absolute Gasteiger partial charge is 0.451 e. The first-order valence-electron chi connectivity index (χ1n) is 6.12. The van der Waals surface area contributed by atoms with Crippen molar-refractivity contribution >= 4 is 0 Å². The van der Waals surface area contributed by atoms with E-state index in [9.17, 15) is 13.2 Å². The van der Waals surface area contributed by atoms with Gasteiger partial charge in [-0.2, -0.15) is 0 Å². The highest BCUT2D eigenvalue weighted by Gasteiger charge is 2.11. The second kappa shape index (κ2) is 5.96. The van der Waals surface area contributed by atoms with E-state index in [4.69, 9.17) is 10.5 Å². The molecule has 0 aromatic heterocycles. The minimum absolute atomic E-state index is 0.0955. The van der Waals surface area contributed by atoms with E-state index in [1.807, 2.05) is 6.92 Å². The van der Waals surface area contributed by atoms with E-state index >= 15 is 0 Å². The van der Waals surface area contributed by atoms with Gasteiger partial charge in [0.2, 0.25) is 0 Å². The summed E-state index contributed by atoms with van der Waals surface area (Å²) in [5.74, 6) is -2.58. The second-order valence-electron chi connectivity index (χ2n) is 4.62. The Kier molecular flexibility index (Phi) is 4.29. The smallest absolute Gasteiger partial charge is 0.166 e. The van der Waals surface area contributed by atoms with E-state index in [2.05, 4.69) is 0 Å². The monoisotopic (exact) mass is 281 g/mol. The van der Waals surface area contributed by atoms with Gasteiger partial charge in [-0.15, -0.1) is 0 Å². The molecule has 1 unspecified atom stereocenters. The lowest BCUT2D eigenvalue weighted by atomic mass is 10.1. The standard InChI is InChI=1S/C15H14F3NO/c1-9(19)6-10-2-5-14(13(18)7-10)20-15-8-11(16)3-4-12(15)17/h2-5,7-9H,6,19H2,1H3. The first kappa shape index (κ1) is 14.4. The van der Waals surface area contributed by atoms with Crippen LogP contribution in [0.4, 0.5) is 13.2 Å². The molecule has 0 saturated carbocycles. The number of hydrogen-bond donors (Lipinski definition) is 1. The maximum Gasteiger partial charge on any atom is 0.166 e. The highest BCUT2D eigenvalue weighted by molar-refractivity contribution is 5.35. The lowest BCUT2D eigenvalue weighted by molar-refractivity contribution is 0.410. The van der Waals surface area contributed by atoms with Gasteiger partial charge in [-0.25, -0.2) is 13.2 Å². The third-order valence-electron chi connectivity index (χ3n) is 2.67. The summed E-state index contributed by atoms with van der Waals surface area (Å²) in [5.41, 5.74) is 6.34. The van der Waals surface area contributed by atoms with Gasteiger partial charge >= 0.3 is 0 Å². The van der Waals surface area contributed by atoms with Crippen LogP contribution in [-0.4, -0.2) is 6.04 Å². The molecule has 0 fully saturated rings. The first-order chi connectivity index (χ1) is 9.45. The highest BCUT2D eigenvalue weighted by Crippen LogP contribution is 2.28. The molecular formula is C15H14F3NO. The molecule has 0 heterocycles. The zero-order chi connectivity index (χ0) is 14.7. The number of benzene rings is 2. The van der Waals surface area contributed by atoms with E-state index in [1.54, 1.807) is 6.07 Å². The van der Waals surface area contributed by atoms with Crippen LogP contribution in [0, 0.1) is 17.5 Å². The van der Waals surface area contributed by atoms with Crippen LogP contribution in [0.5, 0.6) is 11.5 Å². The molecule has 0 aliphatic rings. The molecule has 0 spiro atoms. The van der Waals surface area contributed by atoms with E-state index in [-0.39, 0.29) is 17.5 Å². The van der Waals surface area contributed by atoms with Crippen molar-refractivity contribution in [3.8, 4) is 11.5 Å². The fourth-order valence-electron chi connectivity index (χ4n) is 1.80. The Balaban J connectivity index is 2.23. The summed E-state index contributed by atoms with van der Waals surface area (Å²) in [4.78, 5) is 0. The third-order valence-corrected chi connectivity index (χ3v) is 2.67. The van der Waals surface area contributed by atoms with Gasteiger partial charge in [0.1, 0.15) is 5.82 Å². The van der Waals surface area contributed by atoms with Gasteiger partial charge in [-0.05, 0) is 43.2 Å². The van der Waals surface area contributed by atoms with E-state index in [0.29, 0.717) is 12.0 Å². The van der Waals surface area contributed by atoms with Gasteiger partial charge in [0.15, 0.2) is 23.1 Å². The van der Waals surface area contributed by atoms with Crippen molar-refractivity contribution in [2.24, 2.45) is 5.73 Å². The minimum Gasteiger partial charge on any atom is -0.451 e. The predicted molar refractivity (Wildman–Crippen MR) is 70.2 cm³/mol. The van der Waals surface area contributed by atoms with Crippen LogP contribution in [0.1, 0.15) is 12.5 Å². The fraction of sp³-hybridized carbons (Fsp3) is 0.200. The van der Waals surface area contributed by atoms with Gasteiger partial charge in [0.25, 0.3) is 0 Å². The molecule has 0 amide bonds. The molecule has 2 aromatic rings. The molecule has 5 heteroatoms. The van der Waals surface area contributed by atoms with E-state index in [1.165, 1.54) is 12.1 Å². The van der Waals surface area contributed by atoms with Gasteiger partial charge in [0.05, 0.1) is 0 Å². The SMILES string of the molecule is CC(N)Cc1ccc(Oc2cc(F)ccc2F)c(F)c1. The zero-order valence-electron chi connectivity index (χ0n) is 10.9. The molecule has 0 aliphatic carbocycles. The molecule has 0 radical (unpaired) electrons. The number of hydrogen-bond acceptors (Lipinski definition) is 2. The van der Waals surface area contributed by atoms with Crippen molar-refractivity contribution in [1.82, 2.24) is 0 Å². The summed E-state index contributed by atoms with van der Waals surface area (Å²) in [6, 6.07) is 6.94. The summed E-state index contributed by atoms with van der Waals surface area (Å²) in [7, 11) is 0. The van der Waals surface area contributed by atoms with E-state index in [0.717, 1.165) is 18.2 Å². The second-order valence-corrected chi connectivity index (χ2v) is 4.62.